The average Bonchev–Trinajstić information content (AvgIpc) is 2.39. The van der Waals surface area contributed by atoms with E-state index in [1.807, 2.05) is 0 Å². The molecule has 104 valence electrons. The minimum Gasteiger partial charge on any atom is -0.378 e. The molecular formula is C13H14F3NO2. The third-order valence-electron chi connectivity index (χ3n) is 3.04. The van der Waals surface area contributed by atoms with E-state index in [1.54, 1.807) is 11.0 Å². The topological polar surface area (TPSA) is 29.5 Å². The summed E-state index contributed by atoms with van der Waals surface area (Å²) in [6, 6.07) is 4.06. The normalized spacial score (nSPS) is 16.5. The summed E-state index contributed by atoms with van der Waals surface area (Å²) in [5, 5.41) is 0. The molecule has 0 atom stereocenters. The van der Waals surface area contributed by atoms with Crippen LogP contribution in [0.15, 0.2) is 18.2 Å². The molecule has 6 heteroatoms. The maximum Gasteiger partial charge on any atom is 0.418 e. The summed E-state index contributed by atoms with van der Waals surface area (Å²) < 4.78 is 44.4. The smallest absolute Gasteiger partial charge is 0.378 e. The van der Waals surface area contributed by atoms with Gasteiger partial charge in [-0.3, -0.25) is 0 Å². The van der Waals surface area contributed by atoms with Gasteiger partial charge in [0.05, 0.1) is 18.8 Å². The van der Waals surface area contributed by atoms with Crippen LogP contribution in [-0.2, 0) is 22.1 Å². The molecule has 1 aromatic rings. The SMILES string of the molecule is O=CCc1ccc(N2CCOCC2)c(C(F)(F)F)c1. The zero-order valence-corrected chi connectivity index (χ0v) is 10.2. The van der Waals surface area contributed by atoms with Crippen molar-refractivity contribution in [3.8, 4) is 0 Å². The molecular weight excluding hydrogens is 259 g/mol. The quantitative estimate of drug-likeness (QED) is 0.791. The van der Waals surface area contributed by atoms with Gasteiger partial charge in [0.1, 0.15) is 6.29 Å². The highest BCUT2D eigenvalue weighted by Gasteiger charge is 2.35. The summed E-state index contributed by atoms with van der Waals surface area (Å²) in [6.45, 7) is 1.73. The molecule has 1 aromatic carbocycles. The first kappa shape index (κ1) is 13.9. The molecule has 1 fully saturated rings. The molecule has 0 spiro atoms. The third-order valence-corrected chi connectivity index (χ3v) is 3.04. The molecule has 1 aliphatic rings. The predicted molar refractivity (Wildman–Crippen MR) is 64.2 cm³/mol. The van der Waals surface area contributed by atoms with E-state index in [0.717, 1.165) is 6.07 Å². The predicted octanol–water partition coefficient (Wildman–Crippen LogP) is 2.28. The molecule has 0 amide bonds. The number of anilines is 1. The van der Waals surface area contributed by atoms with Gasteiger partial charge in [0.2, 0.25) is 0 Å². The van der Waals surface area contributed by atoms with Crippen molar-refractivity contribution in [2.75, 3.05) is 31.2 Å². The maximum atomic E-state index is 13.1. The van der Waals surface area contributed by atoms with Crippen LogP contribution < -0.4 is 4.90 Å². The van der Waals surface area contributed by atoms with Crippen LogP contribution in [0.1, 0.15) is 11.1 Å². The zero-order chi connectivity index (χ0) is 13.9. The van der Waals surface area contributed by atoms with Gasteiger partial charge >= 0.3 is 6.18 Å². The number of ether oxygens (including phenoxy) is 1. The monoisotopic (exact) mass is 273 g/mol. The fraction of sp³-hybridized carbons (Fsp3) is 0.462. The lowest BCUT2D eigenvalue weighted by molar-refractivity contribution is -0.137. The lowest BCUT2D eigenvalue weighted by Crippen LogP contribution is -2.37. The van der Waals surface area contributed by atoms with Gasteiger partial charge in [-0.2, -0.15) is 13.2 Å². The van der Waals surface area contributed by atoms with Gasteiger partial charge in [-0.15, -0.1) is 0 Å². The maximum absolute atomic E-state index is 13.1. The number of alkyl halides is 3. The van der Waals surface area contributed by atoms with E-state index < -0.39 is 11.7 Å². The Morgan fingerprint density at radius 2 is 1.95 bits per heavy atom. The van der Waals surface area contributed by atoms with Gasteiger partial charge in [0.25, 0.3) is 0 Å². The van der Waals surface area contributed by atoms with Crippen LogP contribution in [0.5, 0.6) is 0 Å². The van der Waals surface area contributed by atoms with E-state index in [9.17, 15) is 18.0 Å². The fourth-order valence-electron chi connectivity index (χ4n) is 2.11. The number of nitrogens with zero attached hydrogens (tertiary/aromatic N) is 1. The minimum absolute atomic E-state index is 0.00747. The van der Waals surface area contributed by atoms with Crippen LogP contribution in [-0.4, -0.2) is 32.6 Å². The number of morpholine rings is 1. The van der Waals surface area contributed by atoms with Crippen molar-refractivity contribution in [1.29, 1.82) is 0 Å². The second-order valence-electron chi connectivity index (χ2n) is 4.32. The van der Waals surface area contributed by atoms with Crippen molar-refractivity contribution >= 4 is 12.0 Å². The Hall–Kier alpha value is -1.56. The Labute approximate surface area is 109 Å². The number of halogens is 3. The molecule has 0 bridgehead atoms. The number of hydrogen-bond donors (Lipinski definition) is 0. The second-order valence-corrected chi connectivity index (χ2v) is 4.32. The Morgan fingerprint density at radius 3 is 2.53 bits per heavy atom. The molecule has 1 aliphatic heterocycles. The highest BCUT2D eigenvalue weighted by Crippen LogP contribution is 2.37. The van der Waals surface area contributed by atoms with Crippen LogP contribution in [0.3, 0.4) is 0 Å². The third kappa shape index (κ3) is 3.26. The van der Waals surface area contributed by atoms with Gasteiger partial charge in [-0.1, -0.05) is 6.07 Å². The van der Waals surface area contributed by atoms with Gasteiger partial charge in [0.15, 0.2) is 0 Å². The largest absolute Gasteiger partial charge is 0.418 e. The molecule has 19 heavy (non-hydrogen) atoms. The first-order chi connectivity index (χ1) is 9.02. The average molecular weight is 273 g/mol. The van der Waals surface area contributed by atoms with Crippen molar-refractivity contribution in [3.63, 3.8) is 0 Å². The summed E-state index contributed by atoms with van der Waals surface area (Å²) in [6.07, 6.45) is -3.83. The summed E-state index contributed by atoms with van der Waals surface area (Å²) >= 11 is 0. The molecule has 0 radical (unpaired) electrons. The molecule has 0 aromatic heterocycles. The first-order valence-corrected chi connectivity index (χ1v) is 5.99. The van der Waals surface area contributed by atoms with Gasteiger partial charge < -0.3 is 14.4 Å². The molecule has 1 saturated heterocycles. The molecule has 3 nitrogen and oxygen atoms in total. The van der Waals surface area contributed by atoms with Gasteiger partial charge in [0, 0.05) is 25.2 Å². The lowest BCUT2D eigenvalue weighted by Gasteiger charge is -2.31. The van der Waals surface area contributed by atoms with Crippen LogP contribution in [0.4, 0.5) is 18.9 Å². The first-order valence-electron chi connectivity index (χ1n) is 5.99. The van der Waals surface area contributed by atoms with E-state index in [1.165, 1.54) is 6.07 Å². The summed E-state index contributed by atoms with van der Waals surface area (Å²) in [5.41, 5.74) is -0.154. The van der Waals surface area contributed by atoms with Crippen molar-refractivity contribution in [2.24, 2.45) is 0 Å². The van der Waals surface area contributed by atoms with Crippen LogP contribution in [0, 0.1) is 0 Å². The molecule has 0 N–H and O–H groups in total. The number of benzene rings is 1. The van der Waals surface area contributed by atoms with Crippen LogP contribution in [0.25, 0.3) is 0 Å². The van der Waals surface area contributed by atoms with E-state index in [0.29, 0.717) is 38.2 Å². The Balaban J connectivity index is 2.38. The summed E-state index contributed by atoms with van der Waals surface area (Å²) in [5.74, 6) is 0. The fourth-order valence-corrected chi connectivity index (χ4v) is 2.11. The number of carbonyl (C=O) groups is 1. The van der Waals surface area contributed by atoms with Crippen molar-refractivity contribution in [3.05, 3.63) is 29.3 Å². The van der Waals surface area contributed by atoms with E-state index >= 15 is 0 Å². The Morgan fingerprint density at radius 1 is 1.26 bits per heavy atom. The minimum atomic E-state index is -4.42. The van der Waals surface area contributed by atoms with E-state index in [2.05, 4.69) is 0 Å². The lowest BCUT2D eigenvalue weighted by atomic mass is 10.0. The number of carbonyl (C=O) groups excluding carboxylic acids is 1. The zero-order valence-electron chi connectivity index (χ0n) is 10.2. The Bertz CT molecular complexity index is 454. The van der Waals surface area contributed by atoms with Crippen molar-refractivity contribution in [1.82, 2.24) is 0 Å². The highest BCUT2D eigenvalue weighted by molar-refractivity contribution is 5.61. The van der Waals surface area contributed by atoms with Crippen molar-refractivity contribution < 1.29 is 22.7 Å². The number of rotatable bonds is 3. The Kier molecular flexibility index (Phi) is 4.09. The molecule has 2 rings (SSSR count). The number of aldehydes is 1. The number of hydrogen-bond acceptors (Lipinski definition) is 3. The molecule has 1 heterocycles. The van der Waals surface area contributed by atoms with Crippen LogP contribution in [0.2, 0.25) is 0 Å². The standard InChI is InChI=1S/C13H14F3NO2/c14-13(15,16)11-9-10(3-6-18)1-2-12(11)17-4-7-19-8-5-17/h1-2,6,9H,3-5,7-8H2. The molecule has 0 unspecified atom stereocenters. The second kappa shape index (κ2) is 5.61. The summed E-state index contributed by atoms with van der Waals surface area (Å²) in [4.78, 5) is 12.1. The highest BCUT2D eigenvalue weighted by atomic mass is 19.4. The molecule has 0 saturated carbocycles. The van der Waals surface area contributed by atoms with Crippen LogP contribution >= 0.6 is 0 Å². The van der Waals surface area contributed by atoms with E-state index in [4.69, 9.17) is 4.74 Å². The van der Waals surface area contributed by atoms with E-state index in [-0.39, 0.29) is 12.1 Å². The van der Waals surface area contributed by atoms with Gasteiger partial charge in [-0.25, -0.2) is 0 Å². The summed E-state index contributed by atoms with van der Waals surface area (Å²) in [7, 11) is 0. The van der Waals surface area contributed by atoms with Crippen molar-refractivity contribution in [2.45, 2.75) is 12.6 Å². The van der Waals surface area contributed by atoms with Gasteiger partial charge in [-0.05, 0) is 17.7 Å². The molecule has 0 aliphatic carbocycles.